The van der Waals surface area contributed by atoms with E-state index in [4.69, 9.17) is 0 Å². The molecule has 0 amide bonds. The zero-order valence-corrected chi connectivity index (χ0v) is 21.0. The Labute approximate surface area is 219 Å². The summed E-state index contributed by atoms with van der Waals surface area (Å²) in [5.74, 6) is -23.6. The van der Waals surface area contributed by atoms with Crippen LogP contribution in [0.3, 0.4) is 0 Å². The van der Waals surface area contributed by atoms with Gasteiger partial charge in [0.05, 0.1) is 0 Å². The molecule has 0 saturated heterocycles. The van der Waals surface area contributed by atoms with Crippen molar-refractivity contribution in [3.63, 3.8) is 0 Å². The van der Waals surface area contributed by atoms with E-state index in [1.54, 1.807) is 23.9 Å². The molecule has 0 fully saturated rings. The molecule has 0 radical (unpaired) electrons. The second kappa shape index (κ2) is 8.63. The molecule has 5 rings (SSSR count). The fourth-order valence-corrected chi connectivity index (χ4v) is 5.06. The average Bonchev–Trinajstić information content (AvgIpc) is 2.88. The van der Waals surface area contributed by atoms with E-state index in [0.29, 0.717) is 17.8 Å². The summed E-state index contributed by atoms with van der Waals surface area (Å²) in [5, 5.41) is 0. The number of nitrogens with zero attached hydrogens (tertiary/aromatic N) is 1. The molecular weight excluding hydrogens is 526 g/mol. The monoisotopic (exact) mass is 548 g/mol. The van der Waals surface area contributed by atoms with Crippen molar-refractivity contribution in [3.05, 3.63) is 101 Å². The predicted molar refractivity (Wildman–Crippen MR) is 131 cm³/mol. The first kappa shape index (κ1) is 26.8. The number of fused-ring (bicyclic) bond motifs is 1. The largest absolute Gasteiger partial charge is 0.382 e. The topological polar surface area (TPSA) is 3.88 Å². The molecule has 1 aromatic heterocycles. The fraction of sp³-hybridized carbons (Fsp3) is 0.233. The molecule has 0 spiro atoms. The summed E-state index contributed by atoms with van der Waals surface area (Å²) < 4.78 is 116. The second-order valence-corrected chi connectivity index (χ2v) is 9.82. The SMILES string of the molecule is Cc1cc(C)c(-c2cc(-c3ccc4c(c3)C(F)(F)C(F)(F)C(F)(F)C4(F)F)cc[n+]2C)cc1-c1ccccc1. The van der Waals surface area contributed by atoms with Crippen molar-refractivity contribution >= 4 is 0 Å². The number of halogens is 8. The van der Waals surface area contributed by atoms with Gasteiger partial charge in [-0.2, -0.15) is 35.1 Å². The van der Waals surface area contributed by atoms with E-state index in [0.717, 1.165) is 33.9 Å². The minimum absolute atomic E-state index is 0.0971. The van der Waals surface area contributed by atoms with Crippen molar-refractivity contribution in [1.82, 2.24) is 0 Å². The average molecular weight is 548 g/mol. The Morgan fingerprint density at radius 2 is 1.10 bits per heavy atom. The summed E-state index contributed by atoms with van der Waals surface area (Å²) in [6, 6.07) is 18.5. The van der Waals surface area contributed by atoms with Gasteiger partial charge in [-0.3, -0.25) is 0 Å². The van der Waals surface area contributed by atoms with E-state index in [2.05, 4.69) is 0 Å². The van der Waals surface area contributed by atoms with Crippen LogP contribution in [0.5, 0.6) is 0 Å². The number of aromatic nitrogens is 1. The maximum absolute atomic E-state index is 14.6. The number of alkyl halides is 8. The molecule has 9 heteroatoms. The standard InChI is InChI=1S/C30H22F8N/c1-17-13-18(2)23(16-22(17)19-7-5-4-6-8-19)26-15-21(11-12-39(26)3)20-9-10-24-25(14-20)28(33,34)30(37,38)29(35,36)27(24,31)32/h4-16H,1-3H3/q+1. The van der Waals surface area contributed by atoms with Gasteiger partial charge in [0.1, 0.15) is 7.05 Å². The first-order chi connectivity index (χ1) is 18.1. The molecule has 4 aromatic rings. The zero-order chi connectivity index (χ0) is 28.5. The molecule has 0 aliphatic heterocycles. The van der Waals surface area contributed by atoms with Crippen molar-refractivity contribution in [2.75, 3.05) is 0 Å². The van der Waals surface area contributed by atoms with Crippen LogP contribution < -0.4 is 4.57 Å². The molecule has 1 aliphatic rings. The number of rotatable bonds is 3. The van der Waals surface area contributed by atoms with E-state index >= 15 is 0 Å². The van der Waals surface area contributed by atoms with Gasteiger partial charge in [-0.1, -0.05) is 48.5 Å². The van der Waals surface area contributed by atoms with Crippen LogP contribution in [0.2, 0.25) is 0 Å². The maximum Gasteiger partial charge on any atom is 0.382 e. The molecule has 1 heterocycles. The van der Waals surface area contributed by atoms with Crippen LogP contribution in [0.25, 0.3) is 33.5 Å². The molecule has 1 nitrogen and oxygen atoms in total. The quantitative estimate of drug-likeness (QED) is 0.178. The lowest BCUT2D eigenvalue weighted by Crippen LogP contribution is -2.63. The molecule has 0 bridgehead atoms. The van der Waals surface area contributed by atoms with Crippen LogP contribution in [-0.4, -0.2) is 11.8 Å². The van der Waals surface area contributed by atoms with Crippen LogP contribution in [0, 0.1) is 13.8 Å². The highest BCUT2D eigenvalue weighted by Gasteiger charge is 2.85. The smallest absolute Gasteiger partial charge is 0.201 e. The predicted octanol–water partition coefficient (Wildman–Crippen LogP) is 8.60. The van der Waals surface area contributed by atoms with Gasteiger partial charge >= 0.3 is 23.7 Å². The Hall–Kier alpha value is -3.75. The van der Waals surface area contributed by atoms with Crippen LogP contribution >= 0.6 is 0 Å². The van der Waals surface area contributed by atoms with Gasteiger partial charge in [-0.15, -0.1) is 0 Å². The fourth-order valence-electron chi connectivity index (χ4n) is 5.06. The Bertz CT molecular complexity index is 1590. The number of hydrogen-bond acceptors (Lipinski definition) is 0. The summed E-state index contributed by atoms with van der Waals surface area (Å²) >= 11 is 0. The summed E-state index contributed by atoms with van der Waals surface area (Å²) in [7, 11) is 1.75. The lowest BCUT2D eigenvalue weighted by Gasteiger charge is -2.42. The summed E-state index contributed by atoms with van der Waals surface area (Å²) in [6.07, 6.45) is 1.61. The molecule has 1 aliphatic carbocycles. The first-order valence-electron chi connectivity index (χ1n) is 11.9. The van der Waals surface area contributed by atoms with E-state index in [1.165, 1.54) is 6.07 Å². The van der Waals surface area contributed by atoms with Crippen LogP contribution in [0.15, 0.2) is 79.0 Å². The third-order valence-electron chi connectivity index (χ3n) is 7.29. The molecule has 0 N–H and O–H groups in total. The molecule has 3 aromatic carbocycles. The van der Waals surface area contributed by atoms with Crippen molar-refractivity contribution < 1.29 is 39.7 Å². The number of hydrogen-bond donors (Lipinski definition) is 0. The highest BCUT2D eigenvalue weighted by molar-refractivity contribution is 5.77. The van der Waals surface area contributed by atoms with Crippen molar-refractivity contribution in [3.8, 4) is 33.5 Å². The molecule has 39 heavy (non-hydrogen) atoms. The normalized spacial score (nSPS) is 18.4. The van der Waals surface area contributed by atoms with Gasteiger partial charge in [0.2, 0.25) is 5.69 Å². The van der Waals surface area contributed by atoms with Crippen LogP contribution in [-0.2, 0) is 18.9 Å². The summed E-state index contributed by atoms with van der Waals surface area (Å²) in [4.78, 5) is 0. The van der Waals surface area contributed by atoms with E-state index < -0.39 is 34.8 Å². The molecule has 0 saturated carbocycles. The van der Waals surface area contributed by atoms with Gasteiger partial charge in [0.25, 0.3) is 0 Å². The summed E-state index contributed by atoms with van der Waals surface area (Å²) in [6.45, 7) is 3.87. The Morgan fingerprint density at radius 1 is 0.538 bits per heavy atom. The van der Waals surface area contributed by atoms with E-state index in [9.17, 15) is 35.1 Å². The highest BCUT2D eigenvalue weighted by atomic mass is 19.4. The third kappa shape index (κ3) is 3.77. The van der Waals surface area contributed by atoms with Crippen molar-refractivity contribution in [1.29, 1.82) is 0 Å². The van der Waals surface area contributed by atoms with Gasteiger partial charge in [0, 0.05) is 28.8 Å². The van der Waals surface area contributed by atoms with Gasteiger partial charge in [-0.25, -0.2) is 4.57 Å². The first-order valence-corrected chi connectivity index (χ1v) is 11.9. The second-order valence-electron chi connectivity index (χ2n) is 9.82. The molecule has 0 atom stereocenters. The van der Waals surface area contributed by atoms with Crippen LogP contribution in [0.4, 0.5) is 35.1 Å². The van der Waals surface area contributed by atoms with Crippen molar-refractivity contribution in [2.45, 2.75) is 37.5 Å². The minimum Gasteiger partial charge on any atom is -0.201 e. The Balaban J connectivity index is 1.67. The van der Waals surface area contributed by atoms with Gasteiger partial charge in [-0.05, 0) is 59.4 Å². The van der Waals surface area contributed by atoms with Crippen molar-refractivity contribution in [2.24, 2.45) is 7.05 Å². The Morgan fingerprint density at radius 3 is 1.74 bits per heavy atom. The van der Waals surface area contributed by atoms with E-state index in [-0.39, 0.29) is 11.1 Å². The zero-order valence-electron chi connectivity index (χ0n) is 21.0. The van der Waals surface area contributed by atoms with Gasteiger partial charge in [0.15, 0.2) is 6.20 Å². The lowest BCUT2D eigenvalue weighted by atomic mass is 9.79. The number of benzene rings is 3. The van der Waals surface area contributed by atoms with Gasteiger partial charge < -0.3 is 0 Å². The van der Waals surface area contributed by atoms with E-state index in [1.807, 2.05) is 56.3 Å². The minimum atomic E-state index is -6.30. The Kier molecular flexibility index (Phi) is 5.94. The maximum atomic E-state index is 14.6. The number of pyridine rings is 1. The molecular formula is C30H22F8N+. The number of aryl methyl sites for hydroxylation is 3. The highest BCUT2D eigenvalue weighted by Crippen LogP contribution is 2.64. The molecule has 202 valence electrons. The van der Waals surface area contributed by atoms with Crippen LogP contribution in [0.1, 0.15) is 22.3 Å². The lowest BCUT2D eigenvalue weighted by molar-refractivity contribution is -0.660. The molecule has 0 unspecified atom stereocenters. The third-order valence-corrected chi connectivity index (χ3v) is 7.29. The summed E-state index contributed by atoms with van der Waals surface area (Å²) in [5.41, 5.74) is 1.80.